The number of likely N-dealkylation sites (tertiary alicyclic amines) is 1. The lowest BCUT2D eigenvalue weighted by molar-refractivity contribution is -0.116. The average molecular weight is 447 g/mol. The number of β-amino-alcohol motifs (C(OH)–C–C–N with tert-alkyl or cyclic N) is 1. The molecule has 2 amide bonds. The molecular formula is C26H26N2O5. The quantitative estimate of drug-likeness (QED) is 0.636. The number of furan rings is 1. The van der Waals surface area contributed by atoms with Gasteiger partial charge in [-0.3, -0.25) is 9.59 Å². The summed E-state index contributed by atoms with van der Waals surface area (Å²) in [6.45, 7) is 2.58. The van der Waals surface area contributed by atoms with Crippen LogP contribution in [0, 0.1) is 6.92 Å². The number of hydrogen-bond donors (Lipinski definition) is 2. The standard InChI is InChI=1S/C26H26N2O5/c1-16-5-9-23(32-16)18-3-2-4-19(13-18)26(31)28-12-11-24(22(29)15-28)33-20-7-8-21-17(14-20)6-10-25(30)27-21/h2-5,7-9,13-14,22,24,29H,6,10-12,15H2,1H3,(H,27,30)/t22-,24-/m1/s1. The second kappa shape index (κ2) is 8.75. The van der Waals surface area contributed by atoms with E-state index in [0.29, 0.717) is 37.1 Å². The van der Waals surface area contributed by atoms with E-state index in [1.807, 2.05) is 49.4 Å². The van der Waals surface area contributed by atoms with Gasteiger partial charge >= 0.3 is 0 Å². The fraction of sp³-hybridized carbons (Fsp3) is 0.308. The first-order valence-corrected chi connectivity index (χ1v) is 11.2. The Hall–Kier alpha value is -3.58. The molecular weight excluding hydrogens is 420 g/mol. The van der Waals surface area contributed by atoms with Crippen LogP contribution in [0.1, 0.15) is 34.5 Å². The molecule has 3 aromatic rings. The van der Waals surface area contributed by atoms with Crippen LogP contribution in [0.15, 0.2) is 59.0 Å². The second-order valence-electron chi connectivity index (χ2n) is 8.62. The van der Waals surface area contributed by atoms with Crippen molar-refractivity contribution in [2.24, 2.45) is 0 Å². The van der Waals surface area contributed by atoms with Crippen LogP contribution in [0.5, 0.6) is 5.75 Å². The number of aryl methyl sites for hydroxylation is 2. The Morgan fingerprint density at radius 2 is 2.03 bits per heavy atom. The van der Waals surface area contributed by atoms with E-state index in [9.17, 15) is 14.7 Å². The van der Waals surface area contributed by atoms with Gasteiger partial charge in [0, 0.05) is 36.2 Å². The zero-order valence-corrected chi connectivity index (χ0v) is 18.4. The number of benzene rings is 2. The molecule has 33 heavy (non-hydrogen) atoms. The Bertz CT molecular complexity index is 1200. The number of piperidine rings is 1. The lowest BCUT2D eigenvalue weighted by atomic mass is 10.0. The van der Waals surface area contributed by atoms with Gasteiger partial charge in [0.2, 0.25) is 5.91 Å². The number of carbonyl (C=O) groups excluding carboxylic acids is 2. The maximum Gasteiger partial charge on any atom is 0.253 e. The smallest absolute Gasteiger partial charge is 0.253 e. The van der Waals surface area contributed by atoms with Crippen molar-refractivity contribution in [2.75, 3.05) is 18.4 Å². The van der Waals surface area contributed by atoms with Crippen molar-refractivity contribution in [2.45, 2.75) is 38.4 Å². The molecule has 0 aliphatic carbocycles. The first kappa shape index (κ1) is 21.3. The number of hydrogen-bond acceptors (Lipinski definition) is 5. The number of fused-ring (bicyclic) bond motifs is 1. The fourth-order valence-corrected chi connectivity index (χ4v) is 4.42. The van der Waals surface area contributed by atoms with Crippen molar-refractivity contribution in [3.63, 3.8) is 0 Å². The van der Waals surface area contributed by atoms with E-state index in [2.05, 4.69) is 5.32 Å². The summed E-state index contributed by atoms with van der Waals surface area (Å²) in [5.41, 5.74) is 3.24. The molecule has 0 unspecified atom stereocenters. The summed E-state index contributed by atoms with van der Waals surface area (Å²) >= 11 is 0. The summed E-state index contributed by atoms with van der Waals surface area (Å²) < 4.78 is 11.7. The first-order valence-electron chi connectivity index (χ1n) is 11.2. The van der Waals surface area contributed by atoms with E-state index in [4.69, 9.17) is 9.15 Å². The Morgan fingerprint density at radius 1 is 1.15 bits per heavy atom. The number of rotatable bonds is 4. The molecule has 0 saturated carbocycles. The number of amides is 2. The van der Waals surface area contributed by atoms with Crippen LogP contribution >= 0.6 is 0 Å². The molecule has 2 N–H and O–H groups in total. The number of carbonyl (C=O) groups is 2. The van der Waals surface area contributed by atoms with Crippen molar-refractivity contribution in [1.29, 1.82) is 0 Å². The minimum absolute atomic E-state index is 0.0217. The maximum atomic E-state index is 13.1. The molecule has 5 rings (SSSR count). The number of aliphatic hydroxyl groups excluding tert-OH is 1. The van der Waals surface area contributed by atoms with E-state index in [1.54, 1.807) is 17.0 Å². The van der Waals surface area contributed by atoms with Crippen LogP contribution in [0.25, 0.3) is 11.3 Å². The fourth-order valence-electron chi connectivity index (χ4n) is 4.42. The minimum atomic E-state index is -0.797. The highest BCUT2D eigenvalue weighted by Crippen LogP contribution is 2.29. The SMILES string of the molecule is Cc1ccc(-c2cccc(C(=O)N3CC[C@@H](Oc4ccc5c(c4)CCC(=O)N5)[C@H](O)C3)c2)o1. The Balaban J connectivity index is 1.23. The molecule has 0 bridgehead atoms. The molecule has 7 nitrogen and oxygen atoms in total. The summed E-state index contributed by atoms with van der Waals surface area (Å²) in [6, 6.07) is 16.7. The normalized spacial score (nSPS) is 20.2. The molecule has 170 valence electrons. The Kier molecular flexibility index (Phi) is 5.64. The van der Waals surface area contributed by atoms with Crippen molar-refractivity contribution in [1.82, 2.24) is 4.90 Å². The summed E-state index contributed by atoms with van der Waals surface area (Å²) in [6.07, 6.45) is 0.458. The molecule has 2 aromatic carbocycles. The molecule has 2 atom stereocenters. The first-order chi connectivity index (χ1) is 16.0. The van der Waals surface area contributed by atoms with Crippen molar-refractivity contribution in [3.05, 3.63) is 71.5 Å². The summed E-state index contributed by atoms with van der Waals surface area (Å²) in [4.78, 5) is 26.3. The predicted molar refractivity (Wildman–Crippen MR) is 123 cm³/mol. The van der Waals surface area contributed by atoms with Crippen molar-refractivity contribution < 1.29 is 23.8 Å². The molecule has 2 aliphatic rings. The molecule has 0 spiro atoms. The van der Waals surface area contributed by atoms with Gasteiger partial charge in [0.15, 0.2) is 0 Å². The van der Waals surface area contributed by atoms with Crippen LogP contribution in [0.3, 0.4) is 0 Å². The summed E-state index contributed by atoms with van der Waals surface area (Å²) in [5.74, 6) is 2.10. The van der Waals surface area contributed by atoms with Gasteiger partial charge in [-0.05, 0) is 61.4 Å². The van der Waals surface area contributed by atoms with Gasteiger partial charge in [-0.2, -0.15) is 0 Å². The maximum absolute atomic E-state index is 13.1. The number of aliphatic hydroxyl groups is 1. The monoisotopic (exact) mass is 446 g/mol. The second-order valence-corrected chi connectivity index (χ2v) is 8.62. The molecule has 3 heterocycles. The molecule has 1 fully saturated rings. The number of anilines is 1. The molecule has 1 aromatic heterocycles. The van der Waals surface area contributed by atoms with Crippen LogP contribution in [0.4, 0.5) is 5.69 Å². The van der Waals surface area contributed by atoms with Crippen LogP contribution in [-0.4, -0.2) is 47.1 Å². The van der Waals surface area contributed by atoms with Gasteiger partial charge in [-0.15, -0.1) is 0 Å². The van der Waals surface area contributed by atoms with E-state index in [-0.39, 0.29) is 18.4 Å². The Morgan fingerprint density at radius 3 is 2.82 bits per heavy atom. The molecule has 7 heteroatoms. The van der Waals surface area contributed by atoms with Gasteiger partial charge in [-0.25, -0.2) is 0 Å². The minimum Gasteiger partial charge on any atom is -0.488 e. The third-order valence-electron chi connectivity index (χ3n) is 6.20. The highest BCUT2D eigenvalue weighted by molar-refractivity contribution is 5.95. The third-order valence-corrected chi connectivity index (χ3v) is 6.20. The lowest BCUT2D eigenvalue weighted by Crippen LogP contribution is -2.51. The largest absolute Gasteiger partial charge is 0.488 e. The van der Waals surface area contributed by atoms with E-state index in [0.717, 1.165) is 28.3 Å². The van der Waals surface area contributed by atoms with Crippen LogP contribution in [-0.2, 0) is 11.2 Å². The van der Waals surface area contributed by atoms with Gasteiger partial charge in [0.25, 0.3) is 5.91 Å². The third kappa shape index (κ3) is 4.50. The summed E-state index contributed by atoms with van der Waals surface area (Å²) in [5, 5.41) is 13.6. The van der Waals surface area contributed by atoms with Gasteiger partial charge in [-0.1, -0.05) is 12.1 Å². The van der Waals surface area contributed by atoms with Crippen LogP contribution < -0.4 is 10.1 Å². The van der Waals surface area contributed by atoms with Crippen molar-refractivity contribution in [3.8, 4) is 17.1 Å². The highest BCUT2D eigenvalue weighted by atomic mass is 16.5. The number of nitrogens with one attached hydrogen (secondary N) is 1. The van der Waals surface area contributed by atoms with Crippen molar-refractivity contribution >= 4 is 17.5 Å². The zero-order valence-electron chi connectivity index (χ0n) is 18.4. The number of ether oxygens (including phenoxy) is 1. The van der Waals surface area contributed by atoms with E-state index < -0.39 is 12.2 Å². The number of nitrogens with zero attached hydrogens (tertiary/aromatic N) is 1. The zero-order chi connectivity index (χ0) is 22.9. The van der Waals surface area contributed by atoms with E-state index >= 15 is 0 Å². The predicted octanol–water partition coefficient (Wildman–Crippen LogP) is 3.79. The lowest BCUT2D eigenvalue weighted by Gasteiger charge is -2.36. The van der Waals surface area contributed by atoms with Crippen LogP contribution in [0.2, 0.25) is 0 Å². The topological polar surface area (TPSA) is 92.0 Å². The average Bonchev–Trinajstić information content (AvgIpc) is 3.26. The molecule has 0 radical (unpaired) electrons. The Labute approximate surface area is 192 Å². The summed E-state index contributed by atoms with van der Waals surface area (Å²) in [7, 11) is 0. The highest BCUT2D eigenvalue weighted by Gasteiger charge is 2.32. The van der Waals surface area contributed by atoms with Gasteiger partial charge in [0.05, 0.1) is 6.54 Å². The van der Waals surface area contributed by atoms with Gasteiger partial charge in [0.1, 0.15) is 29.5 Å². The molecule has 1 saturated heterocycles. The molecule has 2 aliphatic heterocycles. The van der Waals surface area contributed by atoms with E-state index in [1.165, 1.54) is 0 Å². The van der Waals surface area contributed by atoms with Gasteiger partial charge < -0.3 is 24.5 Å².